The Hall–Kier alpha value is -4.36. The average Bonchev–Trinajstić information content (AvgIpc) is 3.83. The Labute approximate surface area is 306 Å². The van der Waals surface area contributed by atoms with Crippen molar-refractivity contribution in [2.24, 2.45) is 5.41 Å². The Morgan fingerprint density at radius 2 is 1.94 bits per heavy atom. The van der Waals surface area contributed by atoms with Crippen LogP contribution in [0.5, 0.6) is 6.01 Å². The lowest BCUT2D eigenvalue weighted by Gasteiger charge is -2.35. The molecular formula is C37H39F6N7O2S. The van der Waals surface area contributed by atoms with E-state index in [1.54, 1.807) is 37.6 Å². The van der Waals surface area contributed by atoms with Crippen molar-refractivity contribution in [1.82, 2.24) is 19.8 Å². The number of ether oxygens (including phenoxy) is 1. The number of fused-ring (bicyclic) bond motifs is 3. The zero-order valence-corrected chi connectivity index (χ0v) is 30.7. The normalized spacial score (nSPS) is 23.6. The number of thiophene rings is 1. The van der Waals surface area contributed by atoms with E-state index in [2.05, 4.69) is 9.97 Å². The number of likely N-dealkylation sites (N-methyl/N-ethyl adjacent to an activating group) is 1. The largest absolute Gasteiger partial charge is 0.461 e. The van der Waals surface area contributed by atoms with Gasteiger partial charge in [0.15, 0.2) is 5.82 Å². The number of anilines is 2. The van der Waals surface area contributed by atoms with Crippen LogP contribution in [0, 0.1) is 28.4 Å². The van der Waals surface area contributed by atoms with E-state index in [9.17, 15) is 18.8 Å². The molecule has 3 fully saturated rings. The fourth-order valence-corrected chi connectivity index (χ4v) is 9.43. The van der Waals surface area contributed by atoms with Gasteiger partial charge < -0.3 is 20.3 Å². The number of carbonyl (C=O) groups is 1. The van der Waals surface area contributed by atoms with E-state index in [-0.39, 0.29) is 75.0 Å². The van der Waals surface area contributed by atoms with Crippen LogP contribution in [0.15, 0.2) is 18.2 Å². The summed E-state index contributed by atoms with van der Waals surface area (Å²) in [7, 11) is 1.62. The van der Waals surface area contributed by atoms with Crippen molar-refractivity contribution in [2.75, 3.05) is 43.9 Å². The molecule has 1 amide bonds. The van der Waals surface area contributed by atoms with Gasteiger partial charge in [0.1, 0.15) is 41.0 Å². The second-order valence-electron chi connectivity index (χ2n) is 15.4. The van der Waals surface area contributed by atoms with Crippen molar-refractivity contribution >= 4 is 49.1 Å². The van der Waals surface area contributed by atoms with E-state index in [1.807, 2.05) is 17.9 Å². The molecule has 53 heavy (non-hydrogen) atoms. The number of nitrogens with zero attached hydrogens (tertiary/aromatic N) is 6. The maximum absolute atomic E-state index is 17.2. The molecule has 16 heteroatoms. The van der Waals surface area contributed by atoms with E-state index in [1.165, 1.54) is 0 Å². The first-order valence-electron chi connectivity index (χ1n) is 17.4. The number of amides is 1. The lowest BCUT2D eigenvalue weighted by molar-refractivity contribution is -0.140. The summed E-state index contributed by atoms with van der Waals surface area (Å²) in [5.41, 5.74) is 1.20. The third-order valence-electron chi connectivity index (χ3n) is 11.1. The Morgan fingerprint density at radius 3 is 2.62 bits per heavy atom. The maximum atomic E-state index is 17.2. The SMILES string of the molecule is C[C@@H]1[C@H](N(C)c2nc(OC[C@@]34CCCN3C[C@H](F)C4)nc3c(F)c(-c4ccc(F)c5sc(N)c(C#N)c45)c(C(F)(F)F)cc23)CCN1C(=O)C(C)(C)C. The minimum Gasteiger partial charge on any atom is -0.461 e. The molecule has 4 aromatic rings. The van der Waals surface area contributed by atoms with Gasteiger partial charge in [0.25, 0.3) is 0 Å². The molecule has 9 nitrogen and oxygen atoms in total. The number of alkyl halides is 4. The molecule has 282 valence electrons. The lowest BCUT2D eigenvalue weighted by atomic mass is 9.92. The lowest BCUT2D eigenvalue weighted by Crippen LogP contribution is -2.47. The highest BCUT2D eigenvalue weighted by Gasteiger charge is 2.50. The standard InChI is InChI=1S/C37H39F6N7O2S/c1-18-25(9-12-50(18)33(51)35(2,3)4)48(5)32-21-13-23(37(41,42)43)27(20-7-8-24(39)30-26(20)22(15-44)31(45)53-30)28(40)29(21)46-34(47-32)52-17-36-10-6-11-49(36)16-19(38)14-36/h7-8,13,18-19,25H,6,9-12,14,16-17,45H2,1-5H3/t18-,19-,25-,36+/m1/s1. The molecule has 5 heterocycles. The molecule has 0 spiro atoms. The van der Waals surface area contributed by atoms with Crippen molar-refractivity contribution < 1.29 is 35.9 Å². The van der Waals surface area contributed by atoms with Crippen molar-refractivity contribution in [1.29, 1.82) is 5.26 Å². The highest BCUT2D eigenvalue weighted by atomic mass is 32.1. The molecule has 4 atom stereocenters. The second kappa shape index (κ2) is 12.9. The van der Waals surface area contributed by atoms with Crippen molar-refractivity contribution in [3.8, 4) is 23.2 Å². The predicted octanol–water partition coefficient (Wildman–Crippen LogP) is 7.69. The number of halogens is 6. The number of nitrogen functional groups attached to an aromatic ring is 1. The Bertz CT molecular complexity index is 2180. The van der Waals surface area contributed by atoms with Gasteiger partial charge >= 0.3 is 12.2 Å². The fraction of sp³-hybridized carbons (Fsp3) is 0.514. The Balaban J connectivity index is 1.43. The molecule has 7 rings (SSSR count). The van der Waals surface area contributed by atoms with Crippen molar-refractivity contribution in [3.63, 3.8) is 0 Å². The van der Waals surface area contributed by atoms with Gasteiger partial charge in [0.05, 0.1) is 27.4 Å². The molecule has 0 unspecified atom stereocenters. The molecule has 0 radical (unpaired) electrons. The molecule has 3 aliphatic rings. The fourth-order valence-electron chi connectivity index (χ4n) is 8.48. The molecule has 2 N–H and O–H groups in total. The van der Waals surface area contributed by atoms with Gasteiger partial charge in [-0.05, 0) is 50.4 Å². The van der Waals surface area contributed by atoms with Crippen LogP contribution < -0.4 is 15.4 Å². The van der Waals surface area contributed by atoms with Crippen molar-refractivity contribution in [2.45, 2.75) is 83.3 Å². The average molecular weight is 760 g/mol. The monoisotopic (exact) mass is 759 g/mol. The summed E-state index contributed by atoms with van der Waals surface area (Å²) >= 11 is 0.680. The third-order valence-corrected chi connectivity index (χ3v) is 12.1. The van der Waals surface area contributed by atoms with Crippen LogP contribution in [-0.2, 0) is 11.0 Å². The van der Waals surface area contributed by atoms with Crippen LogP contribution >= 0.6 is 11.3 Å². The van der Waals surface area contributed by atoms with Gasteiger partial charge in [0.2, 0.25) is 5.91 Å². The first-order chi connectivity index (χ1) is 24.9. The molecule has 0 aliphatic carbocycles. The summed E-state index contributed by atoms with van der Waals surface area (Å²) in [6.07, 6.45) is -4.02. The van der Waals surface area contributed by atoms with Gasteiger partial charge in [-0.3, -0.25) is 9.69 Å². The molecule has 0 saturated carbocycles. The van der Waals surface area contributed by atoms with Crippen LogP contribution in [0.3, 0.4) is 0 Å². The van der Waals surface area contributed by atoms with E-state index < -0.39 is 57.6 Å². The number of nitriles is 1. The number of nitrogens with two attached hydrogens (primary N) is 1. The van der Waals surface area contributed by atoms with Gasteiger partial charge in [0, 0.05) is 54.4 Å². The third kappa shape index (κ3) is 6.09. The number of benzene rings is 2. The van der Waals surface area contributed by atoms with Crippen LogP contribution in [0.1, 0.15) is 64.5 Å². The van der Waals surface area contributed by atoms with Crippen LogP contribution in [0.25, 0.3) is 32.1 Å². The maximum Gasteiger partial charge on any atom is 0.417 e. The van der Waals surface area contributed by atoms with Gasteiger partial charge in [-0.25, -0.2) is 13.2 Å². The quantitative estimate of drug-likeness (QED) is 0.199. The minimum atomic E-state index is -5.13. The van der Waals surface area contributed by atoms with Crippen LogP contribution in [-0.4, -0.2) is 82.8 Å². The highest BCUT2D eigenvalue weighted by Crippen LogP contribution is 2.48. The summed E-state index contributed by atoms with van der Waals surface area (Å²) in [5.74, 6) is -2.36. The number of aromatic nitrogens is 2. The molecular weight excluding hydrogens is 721 g/mol. The Morgan fingerprint density at radius 1 is 1.21 bits per heavy atom. The summed E-state index contributed by atoms with van der Waals surface area (Å²) in [6, 6.07) is 3.36. The zero-order valence-electron chi connectivity index (χ0n) is 29.9. The summed E-state index contributed by atoms with van der Waals surface area (Å²) < 4.78 is 98.0. The summed E-state index contributed by atoms with van der Waals surface area (Å²) in [4.78, 5) is 27.6. The zero-order chi connectivity index (χ0) is 38.4. The Kier molecular flexibility index (Phi) is 9.00. The van der Waals surface area contributed by atoms with Gasteiger partial charge in [-0.2, -0.15) is 28.4 Å². The van der Waals surface area contributed by atoms with Gasteiger partial charge in [-0.15, -0.1) is 11.3 Å². The smallest absolute Gasteiger partial charge is 0.417 e. The highest BCUT2D eigenvalue weighted by molar-refractivity contribution is 7.23. The topological polar surface area (TPSA) is 112 Å². The first-order valence-corrected chi connectivity index (χ1v) is 18.3. The molecule has 2 aromatic carbocycles. The number of likely N-dealkylation sites (tertiary alicyclic amines) is 1. The van der Waals surface area contributed by atoms with E-state index in [0.717, 1.165) is 24.6 Å². The molecule has 3 saturated heterocycles. The second-order valence-corrected chi connectivity index (χ2v) is 16.5. The molecule has 0 bridgehead atoms. The first kappa shape index (κ1) is 37.0. The number of hydrogen-bond donors (Lipinski definition) is 1. The number of hydrogen-bond acceptors (Lipinski definition) is 9. The van der Waals surface area contributed by atoms with E-state index >= 15 is 17.6 Å². The van der Waals surface area contributed by atoms with Crippen molar-refractivity contribution in [3.05, 3.63) is 41.0 Å². The number of carbonyl (C=O) groups excluding carboxylic acids is 1. The van der Waals surface area contributed by atoms with E-state index in [4.69, 9.17) is 10.5 Å². The summed E-state index contributed by atoms with van der Waals surface area (Å²) in [5, 5.41) is 9.23. The van der Waals surface area contributed by atoms with Gasteiger partial charge in [-0.1, -0.05) is 26.8 Å². The predicted molar refractivity (Wildman–Crippen MR) is 190 cm³/mol. The van der Waals surface area contributed by atoms with E-state index in [0.29, 0.717) is 37.3 Å². The van der Waals surface area contributed by atoms with Crippen LogP contribution in [0.4, 0.5) is 37.2 Å². The number of rotatable bonds is 6. The van der Waals surface area contributed by atoms with Crippen LogP contribution in [0.2, 0.25) is 0 Å². The summed E-state index contributed by atoms with van der Waals surface area (Å²) in [6.45, 7) is 8.56. The molecule has 3 aliphatic heterocycles. The minimum absolute atomic E-state index is 0.0246. The molecule has 2 aromatic heterocycles.